The van der Waals surface area contributed by atoms with Gasteiger partial charge in [0.15, 0.2) is 5.58 Å². The molecule has 0 aliphatic rings. The van der Waals surface area contributed by atoms with Crippen LogP contribution in [0.5, 0.6) is 0 Å². The highest BCUT2D eigenvalue weighted by Crippen LogP contribution is 2.30. The van der Waals surface area contributed by atoms with Crippen LogP contribution in [0.1, 0.15) is 6.92 Å². The quantitative estimate of drug-likeness (QED) is 0.758. The molecule has 1 heterocycles. The number of aromatic nitrogens is 1. The maximum Gasteiger partial charge on any atom is 0.228 e. The molecule has 3 aromatic rings. The van der Waals surface area contributed by atoms with E-state index in [0.717, 1.165) is 28.9 Å². The Morgan fingerprint density at radius 1 is 1.21 bits per heavy atom. The molecule has 96 valence electrons. The molecular formula is C15H13ClN2O. The average Bonchev–Trinajstić information content (AvgIpc) is 2.82. The van der Waals surface area contributed by atoms with E-state index < -0.39 is 0 Å². The topological polar surface area (TPSA) is 38.1 Å². The van der Waals surface area contributed by atoms with Crippen LogP contribution in [-0.2, 0) is 0 Å². The minimum atomic E-state index is 0.550. The van der Waals surface area contributed by atoms with Gasteiger partial charge in [0.25, 0.3) is 0 Å². The number of hydrogen-bond acceptors (Lipinski definition) is 3. The fourth-order valence-corrected chi connectivity index (χ4v) is 2.21. The van der Waals surface area contributed by atoms with Gasteiger partial charge in [-0.2, -0.15) is 0 Å². The zero-order valence-electron chi connectivity index (χ0n) is 10.5. The summed E-state index contributed by atoms with van der Waals surface area (Å²) in [4.78, 5) is 4.50. The van der Waals surface area contributed by atoms with Gasteiger partial charge in [-0.1, -0.05) is 23.7 Å². The number of benzene rings is 2. The summed E-state index contributed by atoms with van der Waals surface area (Å²) in [5, 5.41) is 3.89. The van der Waals surface area contributed by atoms with Crippen LogP contribution in [0.25, 0.3) is 22.6 Å². The minimum Gasteiger partial charge on any atom is -0.436 e. The molecular weight excluding hydrogens is 260 g/mol. The molecule has 0 atom stereocenters. The van der Waals surface area contributed by atoms with Crippen LogP contribution < -0.4 is 5.32 Å². The Kier molecular flexibility index (Phi) is 3.13. The molecule has 0 spiro atoms. The Bertz CT molecular complexity index is 721. The van der Waals surface area contributed by atoms with E-state index in [9.17, 15) is 0 Å². The van der Waals surface area contributed by atoms with Gasteiger partial charge < -0.3 is 9.73 Å². The summed E-state index contributed by atoms with van der Waals surface area (Å²) in [6.07, 6.45) is 0. The van der Waals surface area contributed by atoms with Crippen LogP contribution in [0, 0.1) is 0 Å². The first-order valence-electron chi connectivity index (χ1n) is 6.17. The van der Waals surface area contributed by atoms with E-state index >= 15 is 0 Å². The van der Waals surface area contributed by atoms with Gasteiger partial charge in [-0.3, -0.25) is 0 Å². The predicted molar refractivity (Wildman–Crippen MR) is 78.6 cm³/mol. The lowest BCUT2D eigenvalue weighted by molar-refractivity contribution is 0.620. The number of oxazole rings is 1. The summed E-state index contributed by atoms with van der Waals surface area (Å²) in [5.74, 6) is 0.550. The van der Waals surface area contributed by atoms with Gasteiger partial charge >= 0.3 is 0 Å². The molecule has 0 fully saturated rings. The van der Waals surface area contributed by atoms with E-state index in [1.54, 1.807) is 0 Å². The van der Waals surface area contributed by atoms with E-state index in [2.05, 4.69) is 17.2 Å². The zero-order valence-corrected chi connectivity index (χ0v) is 11.2. The van der Waals surface area contributed by atoms with Crippen LogP contribution in [0.3, 0.4) is 0 Å². The van der Waals surface area contributed by atoms with Crippen molar-refractivity contribution in [2.45, 2.75) is 6.92 Å². The van der Waals surface area contributed by atoms with Gasteiger partial charge in [0.1, 0.15) is 5.52 Å². The third kappa shape index (κ3) is 2.29. The van der Waals surface area contributed by atoms with Crippen molar-refractivity contribution in [3.8, 4) is 11.5 Å². The average molecular weight is 273 g/mol. The zero-order chi connectivity index (χ0) is 13.2. The van der Waals surface area contributed by atoms with Crippen LogP contribution in [0.15, 0.2) is 46.9 Å². The third-order valence-corrected chi connectivity index (χ3v) is 3.20. The van der Waals surface area contributed by atoms with E-state index in [4.69, 9.17) is 16.0 Å². The second kappa shape index (κ2) is 4.94. The Morgan fingerprint density at radius 3 is 2.84 bits per heavy atom. The van der Waals surface area contributed by atoms with Gasteiger partial charge in [-0.25, -0.2) is 4.98 Å². The molecule has 3 rings (SSSR count). The largest absolute Gasteiger partial charge is 0.436 e. The van der Waals surface area contributed by atoms with E-state index in [-0.39, 0.29) is 0 Å². The molecule has 3 nitrogen and oxygen atoms in total. The highest BCUT2D eigenvalue weighted by Gasteiger charge is 2.11. The molecule has 0 aliphatic carbocycles. The molecule has 0 unspecified atom stereocenters. The van der Waals surface area contributed by atoms with Gasteiger partial charge in [0.2, 0.25) is 5.89 Å². The maximum absolute atomic E-state index is 6.15. The van der Waals surface area contributed by atoms with Crippen molar-refractivity contribution in [2.24, 2.45) is 0 Å². The molecule has 0 saturated carbocycles. The Labute approximate surface area is 116 Å². The number of anilines is 1. The molecule has 0 saturated heterocycles. The Balaban J connectivity index is 2.09. The van der Waals surface area contributed by atoms with Crippen molar-refractivity contribution >= 4 is 28.4 Å². The molecule has 1 aromatic heterocycles. The Morgan fingerprint density at radius 2 is 2.05 bits per heavy atom. The second-order valence-corrected chi connectivity index (χ2v) is 4.62. The summed E-state index contributed by atoms with van der Waals surface area (Å²) in [6.45, 7) is 2.93. The maximum atomic E-state index is 6.15. The summed E-state index contributed by atoms with van der Waals surface area (Å²) >= 11 is 6.15. The van der Waals surface area contributed by atoms with E-state index in [0.29, 0.717) is 10.9 Å². The monoisotopic (exact) mass is 272 g/mol. The number of hydrogen-bond donors (Lipinski definition) is 1. The number of rotatable bonds is 3. The van der Waals surface area contributed by atoms with Crippen molar-refractivity contribution in [3.05, 3.63) is 47.5 Å². The first kappa shape index (κ1) is 12.1. The molecule has 0 bridgehead atoms. The standard InChI is InChI=1S/C15H13ClN2O/c1-2-17-10-7-8-14-13(9-10)18-15(19-14)11-5-3-4-6-12(11)16/h3-9,17H,2H2,1H3. The summed E-state index contributed by atoms with van der Waals surface area (Å²) in [7, 11) is 0. The first-order valence-corrected chi connectivity index (χ1v) is 6.55. The third-order valence-electron chi connectivity index (χ3n) is 2.87. The van der Waals surface area contributed by atoms with Crippen molar-refractivity contribution in [1.29, 1.82) is 0 Å². The molecule has 1 N–H and O–H groups in total. The van der Waals surface area contributed by atoms with Gasteiger partial charge in [-0.15, -0.1) is 0 Å². The molecule has 2 aromatic carbocycles. The molecule has 0 aliphatic heterocycles. The van der Waals surface area contributed by atoms with Crippen molar-refractivity contribution < 1.29 is 4.42 Å². The van der Waals surface area contributed by atoms with Crippen molar-refractivity contribution in [3.63, 3.8) is 0 Å². The lowest BCUT2D eigenvalue weighted by Gasteiger charge is -2.00. The predicted octanol–water partition coefficient (Wildman–Crippen LogP) is 4.58. The highest BCUT2D eigenvalue weighted by molar-refractivity contribution is 6.33. The number of fused-ring (bicyclic) bond motifs is 1. The Hall–Kier alpha value is -2.00. The lowest BCUT2D eigenvalue weighted by atomic mass is 10.2. The fourth-order valence-electron chi connectivity index (χ4n) is 1.99. The highest BCUT2D eigenvalue weighted by atomic mass is 35.5. The molecule has 19 heavy (non-hydrogen) atoms. The lowest BCUT2D eigenvalue weighted by Crippen LogP contribution is -1.95. The molecule has 0 amide bonds. The van der Waals surface area contributed by atoms with Gasteiger partial charge in [0, 0.05) is 12.2 Å². The minimum absolute atomic E-state index is 0.550. The smallest absolute Gasteiger partial charge is 0.228 e. The first-order chi connectivity index (χ1) is 9.28. The number of nitrogens with zero attached hydrogens (tertiary/aromatic N) is 1. The van der Waals surface area contributed by atoms with Crippen molar-refractivity contribution in [2.75, 3.05) is 11.9 Å². The van der Waals surface area contributed by atoms with Crippen molar-refractivity contribution in [1.82, 2.24) is 4.98 Å². The second-order valence-electron chi connectivity index (χ2n) is 4.21. The van der Waals surface area contributed by atoms with Crippen LogP contribution in [0.2, 0.25) is 5.02 Å². The van der Waals surface area contributed by atoms with E-state index in [1.807, 2.05) is 42.5 Å². The van der Waals surface area contributed by atoms with Gasteiger partial charge in [-0.05, 0) is 37.3 Å². The SMILES string of the molecule is CCNc1ccc2oc(-c3ccccc3Cl)nc2c1. The number of nitrogens with one attached hydrogen (secondary N) is 1. The fraction of sp³-hybridized carbons (Fsp3) is 0.133. The van der Waals surface area contributed by atoms with E-state index in [1.165, 1.54) is 0 Å². The van der Waals surface area contributed by atoms with Crippen LogP contribution in [-0.4, -0.2) is 11.5 Å². The van der Waals surface area contributed by atoms with Crippen LogP contribution >= 0.6 is 11.6 Å². The number of halogens is 1. The van der Waals surface area contributed by atoms with Crippen LogP contribution in [0.4, 0.5) is 5.69 Å². The summed E-state index contributed by atoms with van der Waals surface area (Å²) in [5.41, 5.74) is 3.43. The van der Waals surface area contributed by atoms with Gasteiger partial charge in [0.05, 0.1) is 10.6 Å². The normalized spacial score (nSPS) is 10.8. The molecule has 4 heteroatoms. The summed E-state index contributed by atoms with van der Waals surface area (Å²) in [6, 6.07) is 13.4. The molecule has 0 radical (unpaired) electrons. The summed E-state index contributed by atoms with van der Waals surface area (Å²) < 4.78 is 5.74.